The van der Waals surface area contributed by atoms with Crippen LogP contribution in [0.15, 0.2) is 17.1 Å². The summed E-state index contributed by atoms with van der Waals surface area (Å²) in [5, 5.41) is 4.45. The van der Waals surface area contributed by atoms with Crippen LogP contribution in [0.4, 0.5) is 4.79 Å². The molecule has 3 rings (SSSR count). The lowest BCUT2D eigenvalue weighted by Gasteiger charge is -2.33. The molecule has 0 spiro atoms. The molecule has 1 saturated heterocycles. The van der Waals surface area contributed by atoms with Gasteiger partial charge in [0, 0.05) is 30.6 Å². The molecule has 25 heavy (non-hydrogen) atoms. The Hall–Kier alpha value is -2.31. The van der Waals surface area contributed by atoms with Crippen molar-refractivity contribution in [2.24, 2.45) is 0 Å². The summed E-state index contributed by atoms with van der Waals surface area (Å²) in [5.74, 6) is 0.202. The molecule has 0 bridgehead atoms. The van der Waals surface area contributed by atoms with Crippen molar-refractivity contribution in [3.05, 3.63) is 33.9 Å². The number of H-pyrrole nitrogens is 1. The maximum absolute atomic E-state index is 12.2. The van der Waals surface area contributed by atoms with Gasteiger partial charge in [-0.2, -0.15) is 5.10 Å². The van der Waals surface area contributed by atoms with Crippen LogP contribution < -0.4 is 5.56 Å². The number of fused-ring (bicyclic) bond motifs is 1. The van der Waals surface area contributed by atoms with Gasteiger partial charge in [-0.05, 0) is 40.0 Å². The molecule has 136 valence electrons. The number of amides is 1. The Morgan fingerprint density at radius 2 is 2.04 bits per heavy atom. The zero-order valence-electron chi connectivity index (χ0n) is 15.3. The van der Waals surface area contributed by atoms with Crippen molar-refractivity contribution in [1.82, 2.24) is 19.5 Å². The van der Waals surface area contributed by atoms with Crippen molar-refractivity contribution in [2.45, 2.75) is 58.5 Å². The number of rotatable bonds is 2. The van der Waals surface area contributed by atoms with Crippen molar-refractivity contribution in [3.63, 3.8) is 0 Å². The Morgan fingerprint density at radius 1 is 1.36 bits per heavy atom. The molecule has 1 fully saturated rings. The van der Waals surface area contributed by atoms with E-state index in [2.05, 4.69) is 10.1 Å². The van der Waals surface area contributed by atoms with E-state index in [1.807, 2.05) is 38.4 Å². The number of aryl methyl sites for hydroxylation is 1. The summed E-state index contributed by atoms with van der Waals surface area (Å²) in [4.78, 5) is 28.9. The van der Waals surface area contributed by atoms with E-state index < -0.39 is 5.60 Å². The summed E-state index contributed by atoms with van der Waals surface area (Å²) in [6.07, 6.45) is 3.94. The number of hydrogen-bond acceptors (Lipinski definition) is 4. The smallest absolute Gasteiger partial charge is 0.410 e. The molecule has 2 aromatic rings. The van der Waals surface area contributed by atoms with E-state index in [-0.39, 0.29) is 17.6 Å². The third kappa shape index (κ3) is 3.70. The average molecular weight is 346 g/mol. The van der Waals surface area contributed by atoms with Crippen LogP contribution in [0.25, 0.3) is 5.65 Å². The summed E-state index contributed by atoms with van der Waals surface area (Å²) in [5.41, 5.74) is 2.14. The first-order valence-electron chi connectivity index (χ1n) is 8.86. The van der Waals surface area contributed by atoms with Gasteiger partial charge in [0.2, 0.25) is 0 Å². The van der Waals surface area contributed by atoms with Gasteiger partial charge in [0.05, 0.1) is 11.9 Å². The molecule has 1 N–H and O–H groups in total. The third-order valence-electron chi connectivity index (χ3n) is 4.56. The molecule has 7 nitrogen and oxygen atoms in total. The topological polar surface area (TPSA) is 79.7 Å². The molecular formula is C18H26N4O3. The first-order valence-corrected chi connectivity index (χ1v) is 8.86. The monoisotopic (exact) mass is 346 g/mol. The lowest BCUT2D eigenvalue weighted by molar-refractivity contribution is 0.0203. The number of aromatic nitrogens is 3. The molecule has 0 aromatic carbocycles. The normalized spacial score (nSPS) is 16.4. The van der Waals surface area contributed by atoms with Crippen LogP contribution in [-0.4, -0.2) is 44.3 Å². The molecule has 1 aliphatic rings. The van der Waals surface area contributed by atoms with E-state index in [4.69, 9.17) is 4.74 Å². The minimum absolute atomic E-state index is 0.104. The number of ether oxygens (including phenoxy) is 1. The molecule has 0 unspecified atom stereocenters. The van der Waals surface area contributed by atoms with Crippen LogP contribution >= 0.6 is 0 Å². The predicted molar refractivity (Wildman–Crippen MR) is 95.0 cm³/mol. The standard InChI is InChI=1S/C18H26N4O3/c1-5-12-11-19-22-14(10-15(23)20-16(12)22)13-6-8-21(9-7-13)17(24)25-18(2,3)4/h10-11,13H,5-9H2,1-4H3,(H,20,23). The van der Waals surface area contributed by atoms with Crippen LogP contribution in [0.3, 0.4) is 0 Å². The van der Waals surface area contributed by atoms with Crippen molar-refractivity contribution in [1.29, 1.82) is 0 Å². The molecule has 0 radical (unpaired) electrons. The maximum Gasteiger partial charge on any atom is 0.410 e. The quantitative estimate of drug-likeness (QED) is 0.907. The summed E-state index contributed by atoms with van der Waals surface area (Å²) >= 11 is 0. The lowest BCUT2D eigenvalue weighted by Crippen LogP contribution is -2.41. The van der Waals surface area contributed by atoms with Crippen molar-refractivity contribution < 1.29 is 9.53 Å². The van der Waals surface area contributed by atoms with Crippen LogP contribution in [0.2, 0.25) is 0 Å². The Bertz CT molecular complexity index is 823. The first-order chi connectivity index (χ1) is 11.8. The second-order valence-corrected chi connectivity index (χ2v) is 7.58. The molecule has 1 aliphatic heterocycles. The number of likely N-dealkylation sites (tertiary alicyclic amines) is 1. The lowest BCUT2D eigenvalue weighted by atomic mass is 9.93. The van der Waals surface area contributed by atoms with Gasteiger partial charge in [-0.25, -0.2) is 9.31 Å². The second kappa shape index (κ2) is 6.54. The Morgan fingerprint density at radius 3 is 2.64 bits per heavy atom. The van der Waals surface area contributed by atoms with E-state index in [9.17, 15) is 9.59 Å². The minimum atomic E-state index is -0.488. The summed E-state index contributed by atoms with van der Waals surface area (Å²) < 4.78 is 7.28. The number of piperidine rings is 1. The van der Waals surface area contributed by atoms with Gasteiger partial charge in [0.25, 0.3) is 5.56 Å². The number of aromatic amines is 1. The number of nitrogens with zero attached hydrogens (tertiary/aromatic N) is 3. The van der Waals surface area contributed by atoms with Gasteiger partial charge >= 0.3 is 6.09 Å². The maximum atomic E-state index is 12.2. The van der Waals surface area contributed by atoms with Crippen molar-refractivity contribution in [2.75, 3.05) is 13.1 Å². The zero-order chi connectivity index (χ0) is 18.2. The Balaban J connectivity index is 1.77. The van der Waals surface area contributed by atoms with E-state index in [1.54, 1.807) is 11.0 Å². The highest BCUT2D eigenvalue weighted by atomic mass is 16.6. The van der Waals surface area contributed by atoms with Crippen LogP contribution in [-0.2, 0) is 11.2 Å². The van der Waals surface area contributed by atoms with Gasteiger partial charge < -0.3 is 14.6 Å². The van der Waals surface area contributed by atoms with Gasteiger partial charge in [-0.15, -0.1) is 0 Å². The molecule has 7 heteroatoms. The number of carbonyl (C=O) groups excluding carboxylic acids is 1. The van der Waals surface area contributed by atoms with E-state index in [1.165, 1.54) is 0 Å². The first kappa shape index (κ1) is 17.5. The fourth-order valence-corrected chi connectivity index (χ4v) is 3.29. The third-order valence-corrected chi connectivity index (χ3v) is 4.56. The van der Waals surface area contributed by atoms with Gasteiger partial charge in [0.1, 0.15) is 11.2 Å². The molecule has 0 aliphatic carbocycles. The largest absolute Gasteiger partial charge is 0.444 e. The summed E-state index contributed by atoms with van der Waals surface area (Å²) in [6, 6.07) is 1.63. The summed E-state index contributed by atoms with van der Waals surface area (Å²) in [7, 11) is 0. The fraction of sp³-hybridized carbons (Fsp3) is 0.611. The molecule has 1 amide bonds. The number of hydrogen-bond donors (Lipinski definition) is 1. The van der Waals surface area contributed by atoms with E-state index in [0.717, 1.165) is 36.2 Å². The van der Waals surface area contributed by atoms with Crippen LogP contribution in [0.5, 0.6) is 0 Å². The van der Waals surface area contributed by atoms with E-state index >= 15 is 0 Å². The van der Waals surface area contributed by atoms with Gasteiger partial charge in [-0.1, -0.05) is 6.92 Å². The molecule has 0 saturated carbocycles. The Kier molecular flexibility index (Phi) is 4.58. The molecular weight excluding hydrogens is 320 g/mol. The van der Waals surface area contributed by atoms with Crippen molar-refractivity contribution in [3.8, 4) is 0 Å². The SMILES string of the molecule is CCc1cnn2c(C3CCN(C(=O)OC(C)(C)C)CC3)cc(=O)[nH]c12. The minimum Gasteiger partial charge on any atom is -0.444 e. The highest BCUT2D eigenvalue weighted by Gasteiger charge is 2.29. The van der Waals surface area contributed by atoms with Crippen molar-refractivity contribution >= 4 is 11.7 Å². The van der Waals surface area contributed by atoms with Gasteiger partial charge in [-0.3, -0.25) is 4.79 Å². The number of nitrogens with one attached hydrogen (secondary N) is 1. The van der Waals surface area contributed by atoms with Crippen LogP contribution in [0.1, 0.15) is 57.7 Å². The number of carbonyl (C=O) groups is 1. The van der Waals surface area contributed by atoms with Crippen LogP contribution in [0, 0.1) is 0 Å². The molecule has 3 heterocycles. The zero-order valence-corrected chi connectivity index (χ0v) is 15.3. The van der Waals surface area contributed by atoms with Gasteiger partial charge in [0.15, 0.2) is 0 Å². The molecule has 2 aromatic heterocycles. The fourth-order valence-electron chi connectivity index (χ4n) is 3.29. The average Bonchev–Trinajstić information content (AvgIpc) is 2.95. The highest BCUT2D eigenvalue weighted by Crippen LogP contribution is 2.28. The van der Waals surface area contributed by atoms with E-state index in [0.29, 0.717) is 13.1 Å². The summed E-state index contributed by atoms with van der Waals surface area (Å²) in [6.45, 7) is 8.89. The second-order valence-electron chi connectivity index (χ2n) is 7.58. The Labute approximate surface area is 147 Å². The predicted octanol–water partition coefficient (Wildman–Crippen LogP) is 2.70. The molecule has 0 atom stereocenters. The highest BCUT2D eigenvalue weighted by molar-refractivity contribution is 5.68.